The molecule has 3 rings (SSSR count). The average molecular weight is 365 g/mol. The number of hydrogen-bond acceptors (Lipinski definition) is 3. The number of carbonyl (C=O) groups excluding carboxylic acids is 2. The van der Waals surface area contributed by atoms with Gasteiger partial charge in [0.15, 0.2) is 0 Å². The SMILES string of the molecule is C=CCN1C(=O)C(C)(C)COc2ccc(NC(=O)Nc3ccccc3)cc21. The lowest BCUT2D eigenvalue weighted by Gasteiger charge is -2.27. The molecular formula is C21H23N3O3. The maximum atomic E-state index is 12.9. The number of nitrogens with zero attached hydrogens (tertiary/aromatic N) is 1. The number of ether oxygens (including phenoxy) is 1. The molecule has 0 unspecified atom stereocenters. The second-order valence-corrected chi connectivity index (χ2v) is 7.00. The first kappa shape index (κ1) is 18.5. The molecule has 0 atom stereocenters. The van der Waals surface area contributed by atoms with E-state index >= 15 is 0 Å². The number of para-hydroxylation sites is 1. The summed E-state index contributed by atoms with van der Waals surface area (Å²) in [5.74, 6) is 0.553. The number of benzene rings is 2. The number of nitrogens with one attached hydrogen (secondary N) is 2. The highest BCUT2D eigenvalue weighted by atomic mass is 16.5. The van der Waals surface area contributed by atoms with Crippen LogP contribution in [0.2, 0.25) is 0 Å². The van der Waals surface area contributed by atoms with E-state index in [9.17, 15) is 9.59 Å². The molecule has 0 radical (unpaired) electrons. The van der Waals surface area contributed by atoms with E-state index in [1.165, 1.54) is 0 Å². The molecule has 1 heterocycles. The van der Waals surface area contributed by atoms with Gasteiger partial charge in [0.25, 0.3) is 0 Å². The van der Waals surface area contributed by atoms with E-state index in [-0.39, 0.29) is 18.5 Å². The molecule has 6 heteroatoms. The van der Waals surface area contributed by atoms with Crippen LogP contribution >= 0.6 is 0 Å². The molecule has 0 bridgehead atoms. The van der Waals surface area contributed by atoms with Crippen molar-refractivity contribution in [3.05, 3.63) is 61.2 Å². The van der Waals surface area contributed by atoms with Crippen LogP contribution in [0.25, 0.3) is 0 Å². The highest BCUT2D eigenvalue weighted by molar-refractivity contribution is 6.02. The van der Waals surface area contributed by atoms with Crippen LogP contribution in [0.15, 0.2) is 61.2 Å². The van der Waals surface area contributed by atoms with Gasteiger partial charge in [-0.1, -0.05) is 24.3 Å². The number of hydrogen-bond donors (Lipinski definition) is 2. The van der Waals surface area contributed by atoms with Crippen molar-refractivity contribution in [2.75, 3.05) is 28.7 Å². The van der Waals surface area contributed by atoms with Crippen LogP contribution in [0, 0.1) is 5.41 Å². The van der Waals surface area contributed by atoms with Crippen LogP contribution in [-0.4, -0.2) is 25.1 Å². The van der Waals surface area contributed by atoms with Crippen LogP contribution in [0.4, 0.5) is 21.9 Å². The predicted molar refractivity (Wildman–Crippen MR) is 107 cm³/mol. The molecule has 0 saturated heterocycles. The summed E-state index contributed by atoms with van der Waals surface area (Å²) in [6, 6.07) is 14.1. The van der Waals surface area contributed by atoms with Gasteiger partial charge in [0, 0.05) is 17.9 Å². The number of rotatable bonds is 4. The third kappa shape index (κ3) is 4.11. The Morgan fingerprint density at radius 2 is 1.89 bits per heavy atom. The molecule has 27 heavy (non-hydrogen) atoms. The van der Waals surface area contributed by atoms with Gasteiger partial charge >= 0.3 is 6.03 Å². The molecule has 3 amide bonds. The predicted octanol–water partition coefficient (Wildman–Crippen LogP) is 4.27. The van der Waals surface area contributed by atoms with Crippen molar-refractivity contribution in [3.63, 3.8) is 0 Å². The second-order valence-electron chi connectivity index (χ2n) is 7.00. The van der Waals surface area contributed by atoms with Crippen LogP contribution < -0.4 is 20.3 Å². The van der Waals surface area contributed by atoms with Crippen molar-refractivity contribution in [1.29, 1.82) is 0 Å². The van der Waals surface area contributed by atoms with E-state index in [0.717, 1.165) is 0 Å². The van der Waals surface area contributed by atoms with Crippen LogP contribution in [-0.2, 0) is 4.79 Å². The van der Waals surface area contributed by atoms with Gasteiger partial charge in [-0.3, -0.25) is 4.79 Å². The molecule has 1 aliphatic rings. The van der Waals surface area contributed by atoms with Gasteiger partial charge in [0.05, 0.1) is 11.1 Å². The summed E-state index contributed by atoms with van der Waals surface area (Å²) in [6.45, 7) is 8.09. The lowest BCUT2D eigenvalue weighted by atomic mass is 9.93. The number of anilines is 3. The zero-order valence-electron chi connectivity index (χ0n) is 15.5. The van der Waals surface area contributed by atoms with E-state index in [1.54, 1.807) is 41.3 Å². The molecule has 140 valence electrons. The summed E-state index contributed by atoms with van der Waals surface area (Å²) in [4.78, 5) is 26.8. The zero-order chi connectivity index (χ0) is 19.4. The van der Waals surface area contributed by atoms with Gasteiger partial charge in [0.1, 0.15) is 12.4 Å². The van der Waals surface area contributed by atoms with Crippen LogP contribution in [0.3, 0.4) is 0 Å². The third-order valence-electron chi connectivity index (χ3n) is 4.26. The topological polar surface area (TPSA) is 70.7 Å². The number of amides is 3. The maximum Gasteiger partial charge on any atom is 0.323 e. The van der Waals surface area contributed by atoms with E-state index in [0.29, 0.717) is 29.4 Å². The Kier molecular flexibility index (Phi) is 5.16. The summed E-state index contributed by atoms with van der Waals surface area (Å²) < 4.78 is 5.84. The van der Waals surface area contributed by atoms with Crippen LogP contribution in [0.1, 0.15) is 13.8 Å². The first-order valence-corrected chi connectivity index (χ1v) is 8.73. The minimum atomic E-state index is -0.652. The minimum Gasteiger partial charge on any atom is -0.490 e. The van der Waals surface area contributed by atoms with E-state index in [1.807, 2.05) is 32.0 Å². The number of fused-ring (bicyclic) bond motifs is 1. The van der Waals surface area contributed by atoms with Gasteiger partial charge in [-0.2, -0.15) is 0 Å². The van der Waals surface area contributed by atoms with Crippen molar-refractivity contribution >= 4 is 29.0 Å². The fraction of sp³-hybridized carbons (Fsp3) is 0.238. The highest BCUT2D eigenvalue weighted by Gasteiger charge is 2.37. The zero-order valence-corrected chi connectivity index (χ0v) is 15.5. The van der Waals surface area contributed by atoms with Crippen molar-refractivity contribution < 1.29 is 14.3 Å². The van der Waals surface area contributed by atoms with Gasteiger partial charge in [0.2, 0.25) is 5.91 Å². The minimum absolute atomic E-state index is 0.0490. The molecule has 1 aliphatic heterocycles. The Balaban J connectivity index is 1.84. The Morgan fingerprint density at radius 3 is 2.59 bits per heavy atom. The molecular weight excluding hydrogens is 342 g/mol. The number of carbonyl (C=O) groups is 2. The standard InChI is InChI=1S/C21H23N3O3/c1-4-12-24-17-13-16(23-20(26)22-15-8-6-5-7-9-15)10-11-18(17)27-14-21(2,3)19(24)25/h4-11,13H,1,12,14H2,2-3H3,(H2,22,23,26). The Bertz CT molecular complexity index is 862. The first-order valence-electron chi connectivity index (χ1n) is 8.73. The summed E-state index contributed by atoms with van der Waals surface area (Å²) in [7, 11) is 0. The summed E-state index contributed by atoms with van der Waals surface area (Å²) in [6.07, 6.45) is 1.67. The molecule has 2 aromatic rings. The summed E-state index contributed by atoms with van der Waals surface area (Å²) >= 11 is 0. The fourth-order valence-corrected chi connectivity index (χ4v) is 2.85. The normalized spacial score (nSPS) is 15.2. The Labute approximate surface area is 158 Å². The number of urea groups is 1. The molecule has 0 saturated carbocycles. The lowest BCUT2D eigenvalue weighted by Crippen LogP contribution is -2.42. The summed E-state index contributed by atoms with van der Waals surface area (Å²) in [5.41, 5.74) is 1.22. The molecule has 0 aromatic heterocycles. The average Bonchev–Trinajstić information content (AvgIpc) is 2.73. The molecule has 0 fully saturated rings. The molecule has 0 spiro atoms. The van der Waals surface area contributed by atoms with E-state index < -0.39 is 5.41 Å². The summed E-state index contributed by atoms with van der Waals surface area (Å²) in [5, 5.41) is 5.55. The molecule has 0 aliphatic carbocycles. The van der Waals surface area contributed by atoms with Crippen LogP contribution in [0.5, 0.6) is 5.75 Å². The lowest BCUT2D eigenvalue weighted by molar-refractivity contribution is -0.127. The van der Waals surface area contributed by atoms with Crippen molar-refractivity contribution in [2.45, 2.75) is 13.8 Å². The molecule has 2 aromatic carbocycles. The smallest absolute Gasteiger partial charge is 0.323 e. The molecule has 2 N–H and O–H groups in total. The van der Waals surface area contributed by atoms with Gasteiger partial charge < -0.3 is 20.3 Å². The fourth-order valence-electron chi connectivity index (χ4n) is 2.85. The van der Waals surface area contributed by atoms with Gasteiger partial charge in [-0.15, -0.1) is 6.58 Å². The first-order chi connectivity index (χ1) is 12.9. The Hall–Kier alpha value is -3.28. The van der Waals surface area contributed by atoms with Crippen molar-refractivity contribution in [3.8, 4) is 5.75 Å². The largest absolute Gasteiger partial charge is 0.490 e. The third-order valence-corrected chi connectivity index (χ3v) is 4.26. The quantitative estimate of drug-likeness (QED) is 0.795. The Morgan fingerprint density at radius 1 is 1.19 bits per heavy atom. The second kappa shape index (κ2) is 7.53. The maximum absolute atomic E-state index is 12.9. The van der Waals surface area contributed by atoms with Crippen molar-refractivity contribution in [1.82, 2.24) is 0 Å². The highest BCUT2D eigenvalue weighted by Crippen LogP contribution is 2.38. The monoisotopic (exact) mass is 365 g/mol. The van der Waals surface area contributed by atoms with Crippen molar-refractivity contribution in [2.24, 2.45) is 5.41 Å². The van der Waals surface area contributed by atoms with E-state index in [2.05, 4.69) is 17.2 Å². The van der Waals surface area contributed by atoms with E-state index in [4.69, 9.17) is 4.74 Å². The van der Waals surface area contributed by atoms with Gasteiger partial charge in [-0.05, 0) is 44.2 Å². The van der Waals surface area contributed by atoms with Gasteiger partial charge in [-0.25, -0.2) is 4.79 Å². The molecule has 6 nitrogen and oxygen atoms in total.